The molecule has 0 aromatic heterocycles. The third-order valence-corrected chi connectivity index (χ3v) is 1.88. The number of rotatable bonds is 2. The predicted molar refractivity (Wildman–Crippen MR) is 37.3 cm³/mol. The zero-order chi connectivity index (χ0) is 7.78. The van der Waals surface area contributed by atoms with E-state index in [2.05, 4.69) is 0 Å². The minimum Gasteiger partial charge on any atom is -0.195 e. The number of allylic oxidation sites excluding steroid dienone is 4. The Bertz CT molecular complexity index is 204. The lowest BCUT2D eigenvalue weighted by Crippen LogP contribution is -1.94. The van der Waals surface area contributed by atoms with Gasteiger partial charge in [0.25, 0.3) is 0 Å². The van der Waals surface area contributed by atoms with Crippen LogP contribution in [0.4, 0.5) is 8.78 Å². The topological polar surface area (TPSA) is 0 Å². The Labute approximate surface area is 63.2 Å². The average Bonchev–Trinajstić information content (AvgIpc) is 2.31. The largest absolute Gasteiger partial charge is 0.306 e. The maximum absolute atomic E-state index is 12.3. The van der Waals surface area contributed by atoms with Crippen molar-refractivity contribution in [1.82, 2.24) is 0 Å². The molecule has 0 amide bonds. The van der Waals surface area contributed by atoms with E-state index in [0.717, 1.165) is 0 Å². The third kappa shape index (κ3) is 1.08. The molecule has 1 aliphatic rings. The maximum Gasteiger partial charge on any atom is 0.306 e. The SMILES string of the molecule is C/C=C/CC1=C(Cl)C1(F)F. The second-order valence-corrected chi connectivity index (χ2v) is 2.52. The van der Waals surface area contributed by atoms with Crippen molar-refractivity contribution in [3.63, 3.8) is 0 Å². The molecule has 0 N–H and O–H groups in total. The van der Waals surface area contributed by atoms with Crippen LogP contribution in [-0.4, -0.2) is 5.92 Å². The Kier molecular flexibility index (Phi) is 1.82. The smallest absolute Gasteiger partial charge is 0.195 e. The van der Waals surface area contributed by atoms with Crippen LogP contribution < -0.4 is 0 Å². The molecule has 10 heavy (non-hydrogen) atoms. The lowest BCUT2D eigenvalue weighted by molar-refractivity contribution is 0.138. The highest BCUT2D eigenvalue weighted by atomic mass is 35.5. The van der Waals surface area contributed by atoms with Crippen LogP contribution in [0, 0.1) is 0 Å². The molecule has 0 fully saturated rings. The van der Waals surface area contributed by atoms with E-state index < -0.39 is 5.92 Å². The summed E-state index contributed by atoms with van der Waals surface area (Å²) < 4.78 is 24.5. The highest BCUT2D eigenvalue weighted by molar-refractivity contribution is 6.34. The van der Waals surface area contributed by atoms with E-state index >= 15 is 0 Å². The van der Waals surface area contributed by atoms with Crippen LogP contribution in [0.2, 0.25) is 0 Å². The first-order valence-corrected chi connectivity index (χ1v) is 3.37. The van der Waals surface area contributed by atoms with E-state index in [0.29, 0.717) is 0 Å². The van der Waals surface area contributed by atoms with Gasteiger partial charge in [0, 0.05) is 5.57 Å². The van der Waals surface area contributed by atoms with Crippen molar-refractivity contribution < 1.29 is 8.78 Å². The van der Waals surface area contributed by atoms with Crippen LogP contribution in [0.1, 0.15) is 13.3 Å². The van der Waals surface area contributed by atoms with Crippen LogP contribution >= 0.6 is 11.6 Å². The lowest BCUT2D eigenvalue weighted by Gasteiger charge is -1.90. The molecule has 0 aliphatic heterocycles. The van der Waals surface area contributed by atoms with Gasteiger partial charge in [-0.2, -0.15) is 8.78 Å². The van der Waals surface area contributed by atoms with E-state index in [-0.39, 0.29) is 17.0 Å². The Morgan fingerprint density at radius 2 is 2.10 bits per heavy atom. The van der Waals surface area contributed by atoms with Gasteiger partial charge in [-0.25, -0.2) is 0 Å². The molecule has 56 valence electrons. The van der Waals surface area contributed by atoms with Crippen LogP contribution in [0.3, 0.4) is 0 Å². The number of halogens is 3. The Morgan fingerprint density at radius 1 is 1.60 bits per heavy atom. The quantitative estimate of drug-likeness (QED) is 0.551. The monoisotopic (exact) mass is 164 g/mol. The standard InChI is InChI=1S/C7H7ClF2/c1-2-3-4-5-6(8)7(5,9)10/h2-3H,4H2,1H3/b3-2+. The third-order valence-electron chi connectivity index (χ3n) is 1.41. The summed E-state index contributed by atoms with van der Waals surface area (Å²) in [7, 11) is 0. The van der Waals surface area contributed by atoms with Crippen molar-refractivity contribution >= 4 is 11.6 Å². The van der Waals surface area contributed by atoms with Crippen molar-refractivity contribution in [2.45, 2.75) is 19.3 Å². The minimum absolute atomic E-state index is 0.0623. The lowest BCUT2D eigenvalue weighted by atomic mass is 10.3. The molecule has 0 spiro atoms. The van der Waals surface area contributed by atoms with Crippen LogP contribution in [0.5, 0.6) is 0 Å². The molecule has 0 bridgehead atoms. The summed E-state index contributed by atoms with van der Waals surface area (Å²) in [6.45, 7) is 1.79. The zero-order valence-electron chi connectivity index (χ0n) is 5.50. The van der Waals surface area contributed by atoms with E-state index in [4.69, 9.17) is 11.6 Å². The summed E-state index contributed by atoms with van der Waals surface area (Å²) in [5.41, 5.74) is 0.0623. The summed E-state index contributed by atoms with van der Waals surface area (Å²) in [6.07, 6.45) is 3.67. The van der Waals surface area contributed by atoms with Crippen molar-refractivity contribution in [1.29, 1.82) is 0 Å². The van der Waals surface area contributed by atoms with Gasteiger partial charge < -0.3 is 0 Å². The molecule has 0 nitrogen and oxygen atoms in total. The molecule has 0 atom stereocenters. The summed E-state index contributed by atoms with van der Waals surface area (Å²) >= 11 is 5.17. The first kappa shape index (κ1) is 7.73. The highest BCUT2D eigenvalue weighted by Crippen LogP contribution is 2.53. The van der Waals surface area contributed by atoms with Gasteiger partial charge in [0.05, 0.1) is 5.03 Å². The van der Waals surface area contributed by atoms with E-state index in [1.165, 1.54) is 0 Å². The molecule has 1 aliphatic carbocycles. The van der Waals surface area contributed by atoms with Gasteiger partial charge in [-0.15, -0.1) is 0 Å². The van der Waals surface area contributed by atoms with Crippen LogP contribution in [-0.2, 0) is 0 Å². The van der Waals surface area contributed by atoms with E-state index in [1.807, 2.05) is 0 Å². The van der Waals surface area contributed by atoms with Gasteiger partial charge in [-0.1, -0.05) is 23.8 Å². The number of hydrogen-bond donors (Lipinski definition) is 0. The van der Waals surface area contributed by atoms with E-state index in [1.54, 1.807) is 19.1 Å². The highest BCUT2D eigenvalue weighted by Gasteiger charge is 2.54. The molecule has 0 heterocycles. The van der Waals surface area contributed by atoms with E-state index in [9.17, 15) is 8.78 Å². The molecule has 0 aromatic carbocycles. The fourth-order valence-electron chi connectivity index (χ4n) is 0.704. The summed E-state index contributed by atoms with van der Waals surface area (Å²) in [5, 5.41) is -0.273. The second-order valence-electron chi connectivity index (χ2n) is 2.14. The minimum atomic E-state index is -2.78. The normalized spacial score (nSPS) is 22.4. The van der Waals surface area contributed by atoms with Crippen molar-refractivity contribution in [3.05, 3.63) is 22.8 Å². The van der Waals surface area contributed by atoms with Crippen molar-refractivity contribution in [2.75, 3.05) is 0 Å². The van der Waals surface area contributed by atoms with Gasteiger partial charge >= 0.3 is 5.92 Å². The number of alkyl halides is 2. The van der Waals surface area contributed by atoms with Crippen molar-refractivity contribution in [3.8, 4) is 0 Å². The summed E-state index contributed by atoms with van der Waals surface area (Å²) in [4.78, 5) is 0. The Hall–Kier alpha value is -0.370. The Balaban J connectivity index is 2.47. The zero-order valence-corrected chi connectivity index (χ0v) is 6.25. The molecule has 1 rings (SSSR count). The van der Waals surface area contributed by atoms with Gasteiger partial charge in [0.1, 0.15) is 0 Å². The summed E-state index contributed by atoms with van der Waals surface area (Å²) in [5.74, 6) is -2.78. The molecule has 0 radical (unpaired) electrons. The second kappa shape index (κ2) is 2.35. The molecular weight excluding hydrogens is 158 g/mol. The first-order valence-electron chi connectivity index (χ1n) is 2.99. The molecule has 0 unspecified atom stereocenters. The molecular formula is C7H7ClF2. The molecule has 0 aromatic rings. The molecule has 0 saturated carbocycles. The molecule has 3 heteroatoms. The summed E-state index contributed by atoms with van der Waals surface area (Å²) in [6, 6.07) is 0. The van der Waals surface area contributed by atoms with Crippen molar-refractivity contribution in [2.24, 2.45) is 0 Å². The fourth-order valence-corrected chi connectivity index (χ4v) is 0.967. The fraction of sp³-hybridized carbons (Fsp3) is 0.429. The van der Waals surface area contributed by atoms with Gasteiger partial charge in [-0.05, 0) is 13.3 Å². The predicted octanol–water partition coefficient (Wildman–Crippen LogP) is 3.09. The van der Waals surface area contributed by atoms with Crippen LogP contribution in [0.15, 0.2) is 22.8 Å². The van der Waals surface area contributed by atoms with Gasteiger partial charge in [0.2, 0.25) is 0 Å². The first-order chi connectivity index (χ1) is 4.60. The van der Waals surface area contributed by atoms with Gasteiger partial charge in [0.15, 0.2) is 0 Å². The van der Waals surface area contributed by atoms with Crippen LogP contribution in [0.25, 0.3) is 0 Å². The van der Waals surface area contributed by atoms with Gasteiger partial charge in [-0.3, -0.25) is 0 Å². The molecule has 0 saturated heterocycles. The Morgan fingerprint density at radius 3 is 2.40 bits per heavy atom. The number of hydrogen-bond acceptors (Lipinski definition) is 0. The maximum atomic E-state index is 12.3. The average molecular weight is 165 g/mol.